The second kappa shape index (κ2) is 9.63. The van der Waals surface area contributed by atoms with Crippen LogP contribution in [0.5, 0.6) is 0 Å². The molecule has 0 aromatic heterocycles. The van der Waals surface area contributed by atoms with Gasteiger partial charge in [0, 0.05) is 17.1 Å². The molecule has 124 valence electrons. The quantitative estimate of drug-likeness (QED) is 0.594. The summed E-state index contributed by atoms with van der Waals surface area (Å²) in [6.07, 6.45) is 2.47. The highest BCUT2D eigenvalue weighted by Gasteiger charge is 1.95. The number of hydrogen-bond donors (Lipinski definition) is 3. The summed E-state index contributed by atoms with van der Waals surface area (Å²) in [5.74, 6) is -0.404. The molecule has 2 aromatic carbocycles. The molecular formula is C19H21N3O2. The highest BCUT2D eigenvalue weighted by atomic mass is 16.2. The smallest absolute Gasteiger partial charge is 0.247 e. The Labute approximate surface area is 141 Å². The normalized spacial score (nSPS) is 9.04. The van der Waals surface area contributed by atoms with Crippen LogP contribution in [0.3, 0.4) is 0 Å². The van der Waals surface area contributed by atoms with E-state index in [2.05, 4.69) is 23.8 Å². The van der Waals surface area contributed by atoms with Gasteiger partial charge in [0.15, 0.2) is 0 Å². The number of amides is 2. The largest absolute Gasteiger partial charge is 0.399 e. The van der Waals surface area contributed by atoms with Gasteiger partial charge in [-0.3, -0.25) is 9.59 Å². The number of carbonyl (C=O) groups excluding carboxylic acids is 2. The molecule has 0 aliphatic carbocycles. The summed E-state index contributed by atoms with van der Waals surface area (Å²) < 4.78 is 0. The van der Waals surface area contributed by atoms with Gasteiger partial charge in [0.2, 0.25) is 11.8 Å². The maximum absolute atomic E-state index is 10.8. The van der Waals surface area contributed by atoms with E-state index in [4.69, 9.17) is 5.73 Å². The molecule has 0 saturated heterocycles. The molecule has 2 rings (SSSR count). The van der Waals surface area contributed by atoms with E-state index < -0.39 is 0 Å². The number of nitrogens with one attached hydrogen (secondary N) is 2. The molecular weight excluding hydrogens is 302 g/mol. The van der Waals surface area contributed by atoms with Crippen LogP contribution in [0.15, 0.2) is 73.8 Å². The van der Waals surface area contributed by atoms with Crippen LogP contribution in [0.1, 0.15) is 5.56 Å². The molecule has 0 spiro atoms. The standard InChI is InChI=1S/C10H11NO.C9H10N2O/c1-3-10(12)11-9-6-4-8(2)5-7-9;1-2-9(12)11-8-5-3-7(10)4-6-8/h3-7H,1H2,2H3,(H,11,12);2-6H,1,10H2,(H,11,12). The maximum Gasteiger partial charge on any atom is 0.247 e. The molecule has 0 unspecified atom stereocenters. The third kappa shape index (κ3) is 7.09. The fourth-order valence-electron chi connectivity index (χ4n) is 1.59. The monoisotopic (exact) mass is 323 g/mol. The Hall–Kier alpha value is -3.34. The van der Waals surface area contributed by atoms with Crippen LogP contribution in [0.25, 0.3) is 0 Å². The minimum atomic E-state index is -0.222. The van der Waals surface area contributed by atoms with Gasteiger partial charge in [0.05, 0.1) is 0 Å². The van der Waals surface area contributed by atoms with Gasteiger partial charge in [0.1, 0.15) is 0 Å². The molecule has 5 nitrogen and oxygen atoms in total. The molecule has 0 aliphatic heterocycles. The van der Waals surface area contributed by atoms with Crippen LogP contribution in [0.2, 0.25) is 0 Å². The molecule has 5 heteroatoms. The van der Waals surface area contributed by atoms with E-state index in [1.165, 1.54) is 17.7 Å². The van der Waals surface area contributed by atoms with E-state index in [0.717, 1.165) is 5.69 Å². The van der Waals surface area contributed by atoms with E-state index in [0.29, 0.717) is 11.4 Å². The first-order valence-electron chi connectivity index (χ1n) is 7.23. The molecule has 24 heavy (non-hydrogen) atoms. The molecule has 4 N–H and O–H groups in total. The fraction of sp³-hybridized carbons (Fsp3) is 0.0526. The fourth-order valence-corrected chi connectivity index (χ4v) is 1.59. The Morgan fingerprint density at radius 3 is 1.58 bits per heavy atom. The van der Waals surface area contributed by atoms with Crippen molar-refractivity contribution >= 4 is 28.9 Å². The van der Waals surface area contributed by atoms with Crippen molar-refractivity contribution < 1.29 is 9.59 Å². The predicted octanol–water partition coefficient (Wildman–Crippen LogP) is 3.51. The van der Waals surface area contributed by atoms with Crippen molar-refractivity contribution in [1.29, 1.82) is 0 Å². The zero-order valence-electron chi connectivity index (χ0n) is 13.6. The minimum absolute atomic E-state index is 0.182. The van der Waals surface area contributed by atoms with E-state index in [9.17, 15) is 9.59 Å². The van der Waals surface area contributed by atoms with Crippen molar-refractivity contribution in [2.75, 3.05) is 16.4 Å². The van der Waals surface area contributed by atoms with Gasteiger partial charge in [-0.25, -0.2) is 0 Å². The second-order valence-corrected chi connectivity index (χ2v) is 4.87. The molecule has 0 heterocycles. The van der Waals surface area contributed by atoms with Crippen LogP contribution in [-0.2, 0) is 9.59 Å². The molecule has 2 amide bonds. The molecule has 0 radical (unpaired) electrons. The molecule has 0 aliphatic rings. The summed E-state index contributed by atoms with van der Waals surface area (Å²) in [4.78, 5) is 21.6. The average molecular weight is 323 g/mol. The van der Waals surface area contributed by atoms with Crippen LogP contribution in [0, 0.1) is 6.92 Å². The Kier molecular flexibility index (Phi) is 7.51. The van der Waals surface area contributed by atoms with Crippen molar-refractivity contribution in [3.8, 4) is 0 Å². The number of benzene rings is 2. The Bertz CT molecular complexity index is 641. The number of aryl methyl sites for hydroxylation is 1. The van der Waals surface area contributed by atoms with Crippen LogP contribution in [0.4, 0.5) is 17.1 Å². The van der Waals surface area contributed by atoms with Crippen molar-refractivity contribution in [2.45, 2.75) is 6.92 Å². The first-order chi connectivity index (χ1) is 11.4. The lowest BCUT2D eigenvalue weighted by Gasteiger charge is -2.01. The number of hydrogen-bond acceptors (Lipinski definition) is 3. The van der Waals surface area contributed by atoms with Crippen LogP contribution in [-0.4, -0.2) is 11.8 Å². The first kappa shape index (κ1) is 18.7. The zero-order chi connectivity index (χ0) is 17.9. The van der Waals surface area contributed by atoms with E-state index >= 15 is 0 Å². The van der Waals surface area contributed by atoms with Gasteiger partial charge >= 0.3 is 0 Å². The summed E-state index contributed by atoms with van der Waals surface area (Å²) >= 11 is 0. The van der Waals surface area contributed by atoms with E-state index in [1.54, 1.807) is 24.3 Å². The predicted molar refractivity (Wildman–Crippen MR) is 99.7 cm³/mol. The van der Waals surface area contributed by atoms with Gasteiger partial charge in [-0.1, -0.05) is 30.9 Å². The number of carbonyl (C=O) groups is 2. The highest BCUT2D eigenvalue weighted by molar-refractivity contribution is 5.99. The second-order valence-electron chi connectivity index (χ2n) is 4.87. The lowest BCUT2D eigenvalue weighted by molar-refractivity contribution is -0.112. The van der Waals surface area contributed by atoms with Gasteiger partial charge in [-0.15, -0.1) is 0 Å². The van der Waals surface area contributed by atoms with Crippen LogP contribution < -0.4 is 16.4 Å². The number of rotatable bonds is 4. The third-order valence-corrected chi connectivity index (χ3v) is 2.87. The summed E-state index contributed by atoms with van der Waals surface area (Å²) in [7, 11) is 0. The number of nitrogens with two attached hydrogens (primary N) is 1. The Balaban J connectivity index is 0.000000240. The molecule has 2 aromatic rings. The van der Waals surface area contributed by atoms with Crippen molar-refractivity contribution in [3.05, 3.63) is 79.4 Å². The van der Waals surface area contributed by atoms with Gasteiger partial charge in [-0.05, 0) is 55.5 Å². The van der Waals surface area contributed by atoms with E-state index in [-0.39, 0.29) is 11.8 Å². The highest BCUT2D eigenvalue weighted by Crippen LogP contribution is 2.10. The van der Waals surface area contributed by atoms with Gasteiger partial charge in [0.25, 0.3) is 0 Å². The summed E-state index contributed by atoms with van der Waals surface area (Å²) in [6, 6.07) is 14.5. The number of nitrogen functional groups attached to an aromatic ring is 1. The minimum Gasteiger partial charge on any atom is -0.399 e. The van der Waals surface area contributed by atoms with Gasteiger partial charge in [-0.2, -0.15) is 0 Å². The summed E-state index contributed by atoms with van der Waals surface area (Å²) in [5, 5.41) is 5.27. The molecule has 0 bridgehead atoms. The topological polar surface area (TPSA) is 84.2 Å². The Morgan fingerprint density at radius 2 is 1.21 bits per heavy atom. The van der Waals surface area contributed by atoms with E-state index in [1.807, 2.05) is 31.2 Å². The lowest BCUT2D eigenvalue weighted by atomic mass is 10.2. The van der Waals surface area contributed by atoms with Crippen molar-refractivity contribution in [3.63, 3.8) is 0 Å². The third-order valence-electron chi connectivity index (χ3n) is 2.87. The molecule has 0 saturated carbocycles. The number of anilines is 3. The molecule has 0 atom stereocenters. The zero-order valence-corrected chi connectivity index (χ0v) is 13.6. The maximum atomic E-state index is 10.8. The Morgan fingerprint density at radius 1 is 0.833 bits per heavy atom. The molecule has 0 fully saturated rings. The van der Waals surface area contributed by atoms with Crippen molar-refractivity contribution in [2.24, 2.45) is 0 Å². The van der Waals surface area contributed by atoms with Crippen LogP contribution >= 0.6 is 0 Å². The van der Waals surface area contributed by atoms with Crippen molar-refractivity contribution in [1.82, 2.24) is 0 Å². The first-order valence-corrected chi connectivity index (χ1v) is 7.23. The van der Waals surface area contributed by atoms with Gasteiger partial charge < -0.3 is 16.4 Å². The lowest BCUT2D eigenvalue weighted by Crippen LogP contribution is -2.06. The summed E-state index contributed by atoms with van der Waals surface area (Å²) in [6.45, 7) is 8.70. The summed E-state index contributed by atoms with van der Waals surface area (Å²) in [5.41, 5.74) is 8.82. The average Bonchev–Trinajstić information content (AvgIpc) is 2.59. The SMILES string of the molecule is C=CC(=O)Nc1ccc(C)cc1.C=CC(=O)Nc1ccc(N)cc1.